The van der Waals surface area contributed by atoms with Gasteiger partial charge in [0.1, 0.15) is 5.75 Å². The van der Waals surface area contributed by atoms with Gasteiger partial charge in [0.2, 0.25) is 0 Å². The molecule has 0 saturated carbocycles. The minimum absolute atomic E-state index is 0.0124. The predicted molar refractivity (Wildman–Crippen MR) is 84.4 cm³/mol. The van der Waals surface area contributed by atoms with Crippen molar-refractivity contribution in [2.45, 2.75) is 13.5 Å². The lowest BCUT2D eigenvalue weighted by Crippen LogP contribution is -2.31. The highest BCUT2D eigenvalue weighted by atomic mass is 16.5. The number of rotatable bonds is 5. The lowest BCUT2D eigenvalue weighted by atomic mass is 10.2. The summed E-state index contributed by atoms with van der Waals surface area (Å²) in [4.78, 5) is 13.8. The van der Waals surface area contributed by atoms with E-state index in [2.05, 4.69) is 0 Å². The van der Waals surface area contributed by atoms with Crippen molar-refractivity contribution >= 4 is 11.6 Å². The Morgan fingerprint density at radius 2 is 1.95 bits per heavy atom. The largest absolute Gasteiger partial charge is 0.483 e. The van der Waals surface area contributed by atoms with E-state index >= 15 is 0 Å². The van der Waals surface area contributed by atoms with E-state index in [-0.39, 0.29) is 12.5 Å². The Kier molecular flexibility index (Phi) is 4.95. The smallest absolute Gasteiger partial charge is 0.264 e. The summed E-state index contributed by atoms with van der Waals surface area (Å²) in [5.74, 6) is 0.554. The van der Waals surface area contributed by atoms with Crippen molar-refractivity contribution in [2.75, 3.05) is 18.6 Å². The van der Waals surface area contributed by atoms with Gasteiger partial charge < -0.3 is 15.4 Å². The van der Waals surface area contributed by atoms with Crippen molar-refractivity contribution in [1.29, 1.82) is 0 Å². The average Bonchev–Trinajstić information content (AvgIpc) is 2.52. The molecule has 2 rings (SSSR count). The van der Waals surface area contributed by atoms with Crippen molar-refractivity contribution in [3.8, 4) is 5.75 Å². The zero-order valence-corrected chi connectivity index (χ0v) is 12.4. The number of para-hydroxylation sites is 1. The fourth-order valence-corrected chi connectivity index (χ4v) is 2.03. The number of aryl methyl sites for hydroxylation is 1. The molecule has 0 atom stereocenters. The maximum absolute atomic E-state index is 12.2. The van der Waals surface area contributed by atoms with Crippen LogP contribution in [0.15, 0.2) is 48.5 Å². The van der Waals surface area contributed by atoms with Crippen LogP contribution < -0.4 is 15.4 Å². The molecular weight excluding hydrogens is 264 g/mol. The minimum atomic E-state index is -0.104. The van der Waals surface area contributed by atoms with Gasteiger partial charge in [-0.15, -0.1) is 0 Å². The summed E-state index contributed by atoms with van der Waals surface area (Å²) in [6, 6.07) is 15.3. The minimum Gasteiger partial charge on any atom is -0.483 e. The van der Waals surface area contributed by atoms with Crippen LogP contribution in [0.2, 0.25) is 0 Å². The Labute approximate surface area is 125 Å². The monoisotopic (exact) mass is 284 g/mol. The van der Waals surface area contributed by atoms with Gasteiger partial charge >= 0.3 is 0 Å². The summed E-state index contributed by atoms with van der Waals surface area (Å²) < 4.78 is 5.59. The number of carbonyl (C=O) groups excluding carboxylic acids is 1. The number of amides is 1. The molecule has 4 heteroatoms. The number of nitrogens with two attached hydrogens (primary N) is 1. The van der Waals surface area contributed by atoms with E-state index in [1.165, 1.54) is 0 Å². The van der Waals surface area contributed by atoms with Gasteiger partial charge in [-0.25, -0.2) is 0 Å². The molecule has 0 heterocycles. The van der Waals surface area contributed by atoms with Gasteiger partial charge in [-0.3, -0.25) is 4.79 Å². The molecule has 0 saturated heterocycles. The van der Waals surface area contributed by atoms with Gasteiger partial charge in [0.15, 0.2) is 6.61 Å². The van der Waals surface area contributed by atoms with Crippen LogP contribution in [0.1, 0.15) is 11.1 Å². The summed E-state index contributed by atoms with van der Waals surface area (Å²) in [6.07, 6.45) is 0. The molecule has 0 aliphatic heterocycles. The van der Waals surface area contributed by atoms with Crippen molar-refractivity contribution in [2.24, 2.45) is 5.73 Å². The molecule has 4 nitrogen and oxygen atoms in total. The molecule has 0 bridgehead atoms. The van der Waals surface area contributed by atoms with Crippen molar-refractivity contribution in [3.05, 3.63) is 59.7 Å². The number of benzene rings is 2. The van der Waals surface area contributed by atoms with Crippen LogP contribution in [-0.2, 0) is 11.3 Å². The molecule has 2 aromatic carbocycles. The highest BCUT2D eigenvalue weighted by molar-refractivity contribution is 5.93. The van der Waals surface area contributed by atoms with Crippen LogP contribution in [0.25, 0.3) is 0 Å². The normalized spacial score (nSPS) is 10.2. The van der Waals surface area contributed by atoms with E-state index in [0.717, 1.165) is 16.8 Å². The maximum atomic E-state index is 12.2. The van der Waals surface area contributed by atoms with Gasteiger partial charge in [0.05, 0.1) is 0 Å². The first-order valence-corrected chi connectivity index (χ1v) is 6.86. The molecular formula is C17H20N2O2. The van der Waals surface area contributed by atoms with E-state index in [1.54, 1.807) is 11.9 Å². The van der Waals surface area contributed by atoms with Crippen LogP contribution >= 0.6 is 0 Å². The van der Waals surface area contributed by atoms with E-state index in [4.69, 9.17) is 10.5 Å². The van der Waals surface area contributed by atoms with Gasteiger partial charge in [-0.1, -0.05) is 30.3 Å². The fourth-order valence-electron chi connectivity index (χ4n) is 2.03. The Bertz CT molecular complexity index is 626. The first-order valence-electron chi connectivity index (χ1n) is 6.86. The first kappa shape index (κ1) is 15.1. The van der Waals surface area contributed by atoms with Gasteiger partial charge in [0.25, 0.3) is 5.91 Å². The van der Waals surface area contributed by atoms with E-state index in [1.807, 2.05) is 55.5 Å². The quantitative estimate of drug-likeness (QED) is 0.917. The predicted octanol–water partition coefficient (Wildman–Crippen LogP) is 2.50. The lowest BCUT2D eigenvalue weighted by Gasteiger charge is -2.18. The first-order chi connectivity index (χ1) is 10.1. The number of hydrogen-bond acceptors (Lipinski definition) is 3. The van der Waals surface area contributed by atoms with E-state index in [9.17, 15) is 4.79 Å². The topological polar surface area (TPSA) is 55.6 Å². The maximum Gasteiger partial charge on any atom is 0.264 e. The molecule has 0 aliphatic rings. The van der Waals surface area contributed by atoms with Gasteiger partial charge in [0, 0.05) is 24.8 Å². The van der Waals surface area contributed by atoms with E-state index < -0.39 is 0 Å². The van der Waals surface area contributed by atoms with Crippen LogP contribution in [-0.4, -0.2) is 19.6 Å². The fraction of sp³-hybridized carbons (Fsp3) is 0.235. The molecule has 0 spiro atoms. The van der Waals surface area contributed by atoms with Crippen LogP contribution in [0.3, 0.4) is 0 Å². The molecule has 2 aromatic rings. The van der Waals surface area contributed by atoms with Gasteiger partial charge in [-0.2, -0.15) is 0 Å². The Balaban J connectivity index is 2.01. The molecule has 0 fully saturated rings. The summed E-state index contributed by atoms with van der Waals surface area (Å²) in [5, 5.41) is 0. The molecule has 0 aliphatic carbocycles. The van der Waals surface area contributed by atoms with Crippen LogP contribution in [0.4, 0.5) is 5.69 Å². The Hall–Kier alpha value is -2.33. The molecule has 0 radical (unpaired) electrons. The summed E-state index contributed by atoms with van der Waals surface area (Å²) in [6.45, 7) is 2.37. The standard InChI is InChI=1S/C17H20N2O2/c1-13-6-5-8-15(10-13)19(2)17(20)12-21-16-9-4-3-7-14(16)11-18/h3-10H,11-12,18H2,1-2H3. The summed E-state index contributed by atoms with van der Waals surface area (Å²) in [7, 11) is 1.75. The number of ether oxygens (including phenoxy) is 1. The highest BCUT2D eigenvalue weighted by Crippen LogP contribution is 2.18. The number of nitrogens with zero attached hydrogens (tertiary/aromatic N) is 1. The second-order valence-corrected chi connectivity index (χ2v) is 4.89. The highest BCUT2D eigenvalue weighted by Gasteiger charge is 2.12. The van der Waals surface area contributed by atoms with Crippen molar-refractivity contribution in [1.82, 2.24) is 0 Å². The van der Waals surface area contributed by atoms with Crippen molar-refractivity contribution in [3.63, 3.8) is 0 Å². The van der Waals surface area contributed by atoms with Crippen LogP contribution in [0, 0.1) is 6.92 Å². The molecule has 110 valence electrons. The Morgan fingerprint density at radius 1 is 1.19 bits per heavy atom. The number of likely N-dealkylation sites (N-methyl/N-ethyl adjacent to an activating group) is 1. The van der Waals surface area contributed by atoms with E-state index in [0.29, 0.717) is 12.3 Å². The molecule has 0 aromatic heterocycles. The molecule has 21 heavy (non-hydrogen) atoms. The summed E-state index contributed by atoms with van der Waals surface area (Å²) >= 11 is 0. The van der Waals surface area contributed by atoms with Crippen LogP contribution in [0.5, 0.6) is 5.75 Å². The SMILES string of the molecule is Cc1cccc(N(C)C(=O)COc2ccccc2CN)c1. The Morgan fingerprint density at radius 3 is 2.67 bits per heavy atom. The second kappa shape index (κ2) is 6.90. The zero-order chi connectivity index (χ0) is 15.2. The zero-order valence-electron chi connectivity index (χ0n) is 12.4. The van der Waals surface area contributed by atoms with Crippen molar-refractivity contribution < 1.29 is 9.53 Å². The third-order valence-electron chi connectivity index (χ3n) is 3.31. The molecule has 2 N–H and O–H groups in total. The summed E-state index contributed by atoms with van der Waals surface area (Å²) in [5.41, 5.74) is 8.51. The third kappa shape index (κ3) is 3.83. The number of anilines is 1. The molecule has 0 unspecified atom stereocenters. The van der Waals surface area contributed by atoms with Gasteiger partial charge in [-0.05, 0) is 30.7 Å². The molecule has 1 amide bonds. The lowest BCUT2D eigenvalue weighted by molar-refractivity contribution is -0.120. The third-order valence-corrected chi connectivity index (χ3v) is 3.31. The average molecular weight is 284 g/mol. The second-order valence-electron chi connectivity index (χ2n) is 4.89. The number of carbonyl (C=O) groups is 1. The number of hydrogen-bond donors (Lipinski definition) is 1.